The molecule has 4 aliphatic rings. The minimum atomic E-state index is -0.351. The number of hydrogen-bond acceptors (Lipinski definition) is 4. The van der Waals surface area contributed by atoms with Gasteiger partial charge in [0.15, 0.2) is 0 Å². The molecule has 202 valence electrons. The molecule has 4 fully saturated rings. The molecular formula is C30H49ClN4O. The lowest BCUT2D eigenvalue weighted by Crippen LogP contribution is -2.58. The molecule has 0 unspecified atom stereocenters. The zero-order chi connectivity index (χ0) is 23.9. The van der Waals surface area contributed by atoms with E-state index in [-0.39, 0.29) is 17.9 Å². The van der Waals surface area contributed by atoms with Crippen LogP contribution in [0.15, 0.2) is 30.3 Å². The number of carbonyl (C=O) groups excluding carboxylic acids is 1. The second-order valence-electron chi connectivity index (χ2n) is 11.6. The molecule has 1 aromatic carbocycles. The highest BCUT2D eigenvalue weighted by atomic mass is 35.5. The minimum absolute atomic E-state index is 0. The predicted molar refractivity (Wildman–Crippen MR) is 152 cm³/mol. The highest BCUT2D eigenvalue weighted by molar-refractivity contribution is 5.93. The number of hydrogen-bond donors (Lipinski definition) is 0. The van der Waals surface area contributed by atoms with Gasteiger partial charge in [-0.2, -0.15) is 0 Å². The van der Waals surface area contributed by atoms with Crippen molar-refractivity contribution in [1.82, 2.24) is 14.7 Å². The molecule has 6 heteroatoms. The normalized spacial score (nSPS) is 25.2. The van der Waals surface area contributed by atoms with Crippen LogP contribution in [0, 0.1) is 0 Å². The van der Waals surface area contributed by atoms with Gasteiger partial charge in [-0.25, -0.2) is 0 Å². The molecule has 1 amide bonds. The molecule has 1 aliphatic carbocycles. The zero-order valence-electron chi connectivity index (χ0n) is 22.4. The van der Waals surface area contributed by atoms with Gasteiger partial charge in [-0.1, -0.05) is 69.6 Å². The molecule has 36 heavy (non-hydrogen) atoms. The van der Waals surface area contributed by atoms with Crippen LogP contribution in [0.4, 0.5) is 5.69 Å². The Morgan fingerprint density at radius 3 is 1.94 bits per heavy atom. The monoisotopic (exact) mass is 516 g/mol. The molecular weight excluding hydrogens is 468 g/mol. The second kappa shape index (κ2) is 13.5. The average Bonchev–Trinajstić information content (AvgIpc) is 3.18. The number of nitrogens with zero attached hydrogens (tertiary/aromatic N) is 4. The SMILES string of the molecule is Cl.O=C1N(CCN2CCCCC2)CN(c2ccccc2)C12CCN(C1CCCCCCCCC1)CC2. The lowest BCUT2D eigenvalue weighted by molar-refractivity contribution is -0.134. The summed E-state index contributed by atoms with van der Waals surface area (Å²) >= 11 is 0. The number of likely N-dealkylation sites (tertiary alicyclic amines) is 2. The number of para-hydroxylation sites is 1. The van der Waals surface area contributed by atoms with E-state index in [4.69, 9.17) is 0 Å². The molecule has 1 aromatic rings. The van der Waals surface area contributed by atoms with E-state index < -0.39 is 0 Å². The Morgan fingerprint density at radius 1 is 0.722 bits per heavy atom. The van der Waals surface area contributed by atoms with Crippen LogP contribution in [0.5, 0.6) is 0 Å². The minimum Gasteiger partial charge on any atom is -0.339 e. The van der Waals surface area contributed by atoms with Crippen LogP contribution in [0.2, 0.25) is 0 Å². The molecule has 5 nitrogen and oxygen atoms in total. The standard InChI is InChI=1S/C30H48N4O.ClH/c35-29-30(18-22-32(23-19-30)27-14-8-4-2-1-3-5-9-15-27)34(28-16-10-6-11-17-28)26-33(29)25-24-31-20-12-7-13-21-31;/h6,10-11,16-17,27H,1-5,7-9,12-15,18-26H2;1H. The van der Waals surface area contributed by atoms with Crippen molar-refractivity contribution in [3.05, 3.63) is 30.3 Å². The average molecular weight is 517 g/mol. The second-order valence-corrected chi connectivity index (χ2v) is 11.6. The number of benzene rings is 1. The van der Waals surface area contributed by atoms with Gasteiger partial charge in [0.1, 0.15) is 5.54 Å². The molecule has 0 radical (unpaired) electrons. The smallest absolute Gasteiger partial charge is 0.250 e. The van der Waals surface area contributed by atoms with Crippen LogP contribution >= 0.6 is 12.4 Å². The van der Waals surface area contributed by atoms with Gasteiger partial charge in [0, 0.05) is 37.9 Å². The molecule has 3 saturated heterocycles. The first kappa shape index (κ1) is 27.7. The largest absolute Gasteiger partial charge is 0.339 e. The van der Waals surface area contributed by atoms with Crippen molar-refractivity contribution in [2.75, 3.05) is 50.8 Å². The van der Waals surface area contributed by atoms with E-state index in [0.717, 1.165) is 51.7 Å². The molecule has 0 bridgehead atoms. The fourth-order valence-corrected chi connectivity index (χ4v) is 7.23. The number of rotatable bonds is 5. The van der Waals surface area contributed by atoms with Gasteiger partial charge in [0.05, 0.1) is 6.67 Å². The summed E-state index contributed by atoms with van der Waals surface area (Å²) in [7, 11) is 0. The Hall–Kier alpha value is -1.30. The summed E-state index contributed by atoms with van der Waals surface area (Å²) in [6, 6.07) is 11.5. The first-order valence-corrected chi connectivity index (χ1v) is 14.8. The summed E-state index contributed by atoms with van der Waals surface area (Å²) in [5.74, 6) is 0.393. The zero-order valence-corrected chi connectivity index (χ0v) is 23.2. The maximum atomic E-state index is 14.1. The molecule has 1 spiro atoms. The summed E-state index contributed by atoms with van der Waals surface area (Å²) in [6.45, 7) is 7.19. The van der Waals surface area contributed by atoms with Crippen LogP contribution in [0.1, 0.15) is 89.9 Å². The number of piperidine rings is 2. The van der Waals surface area contributed by atoms with Crippen molar-refractivity contribution in [2.45, 2.75) is 101 Å². The molecule has 5 rings (SSSR count). The van der Waals surface area contributed by atoms with Gasteiger partial charge in [-0.3, -0.25) is 4.79 Å². The molecule has 3 aliphatic heterocycles. The summed E-state index contributed by atoms with van der Waals surface area (Å²) in [5.41, 5.74) is 0.865. The number of amides is 1. The van der Waals surface area contributed by atoms with Crippen LogP contribution in [0.3, 0.4) is 0 Å². The van der Waals surface area contributed by atoms with Crippen molar-refractivity contribution in [3.63, 3.8) is 0 Å². The molecule has 1 saturated carbocycles. The third-order valence-corrected chi connectivity index (χ3v) is 9.43. The Bertz CT molecular complexity index is 781. The van der Waals surface area contributed by atoms with Crippen molar-refractivity contribution in [2.24, 2.45) is 0 Å². The summed E-state index contributed by atoms with van der Waals surface area (Å²) in [6.07, 6.45) is 18.5. The third-order valence-electron chi connectivity index (χ3n) is 9.43. The predicted octanol–water partition coefficient (Wildman–Crippen LogP) is 5.93. The third kappa shape index (κ3) is 6.39. The van der Waals surface area contributed by atoms with E-state index in [1.165, 1.54) is 95.8 Å². The summed E-state index contributed by atoms with van der Waals surface area (Å²) < 4.78 is 0. The number of carbonyl (C=O) groups is 1. The van der Waals surface area contributed by atoms with Gasteiger partial charge in [0.25, 0.3) is 0 Å². The lowest BCUT2D eigenvalue weighted by atomic mass is 9.84. The first-order valence-electron chi connectivity index (χ1n) is 14.8. The first-order chi connectivity index (χ1) is 17.3. The summed E-state index contributed by atoms with van der Waals surface area (Å²) in [5, 5.41) is 0. The Kier molecular flexibility index (Phi) is 10.4. The molecule has 0 aromatic heterocycles. The van der Waals surface area contributed by atoms with Crippen LogP contribution in [-0.2, 0) is 4.79 Å². The number of anilines is 1. The Labute approximate surface area is 226 Å². The van der Waals surface area contributed by atoms with E-state index in [1.807, 2.05) is 0 Å². The topological polar surface area (TPSA) is 30.0 Å². The highest BCUT2D eigenvalue weighted by Crippen LogP contribution is 2.40. The maximum absolute atomic E-state index is 14.1. The van der Waals surface area contributed by atoms with Crippen LogP contribution in [-0.4, -0.2) is 78.1 Å². The highest BCUT2D eigenvalue weighted by Gasteiger charge is 2.53. The molecule has 3 heterocycles. The van der Waals surface area contributed by atoms with Crippen molar-refractivity contribution in [1.29, 1.82) is 0 Å². The van der Waals surface area contributed by atoms with Gasteiger partial charge < -0.3 is 19.6 Å². The summed E-state index contributed by atoms with van der Waals surface area (Å²) in [4.78, 5) is 24.0. The van der Waals surface area contributed by atoms with E-state index >= 15 is 0 Å². The van der Waals surface area contributed by atoms with E-state index in [2.05, 4.69) is 49.9 Å². The van der Waals surface area contributed by atoms with E-state index in [1.54, 1.807) is 0 Å². The van der Waals surface area contributed by atoms with Gasteiger partial charge in [-0.15, -0.1) is 12.4 Å². The van der Waals surface area contributed by atoms with Gasteiger partial charge in [-0.05, 0) is 63.7 Å². The number of halogens is 1. The van der Waals surface area contributed by atoms with Crippen LogP contribution < -0.4 is 4.90 Å². The van der Waals surface area contributed by atoms with Crippen molar-refractivity contribution < 1.29 is 4.79 Å². The lowest BCUT2D eigenvalue weighted by Gasteiger charge is -2.45. The molecule has 0 atom stereocenters. The van der Waals surface area contributed by atoms with Gasteiger partial charge in [0.2, 0.25) is 5.91 Å². The Balaban J connectivity index is 0.00000304. The molecule has 0 N–H and O–H groups in total. The van der Waals surface area contributed by atoms with Crippen molar-refractivity contribution >= 4 is 24.0 Å². The quantitative estimate of drug-likeness (QED) is 0.485. The van der Waals surface area contributed by atoms with E-state index in [9.17, 15) is 4.79 Å². The van der Waals surface area contributed by atoms with E-state index in [0.29, 0.717) is 5.91 Å². The fraction of sp³-hybridized carbons (Fsp3) is 0.767. The van der Waals surface area contributed by atoms with Crippen molar-refractivity contribution in [3.8, 4) is 0 Å². The maximum Gasteiger partial charge on any atom is 0.250 e. The van der Waals surface area contributed by atoms with Crippen LogP contribution in [0.25, 0.3) is 0 Å². The Morgan fingerprint density at radius 2 is 1.31 bits per heavy atom. The van der Waals surface area contributed by atoms with Gasteiger partial charge >= 0.3 is 0 Å². The fourth-order valence-electron chi connectivity index (χ4n) is 7.23.